The highest BCUT2D eigenvalue weighted by molar-refractivity contribution is 5.77. The first kappa shape index (κ1) is 25.5. The van der Waals surface area contributed by atoms with Crippen molar-refractivity contribution in [3.05, 3.63) is 70.9 Å². The van der Waals surface area contributed by atoms with Gasteiger partial charge in [0, 0.05) is 37.2 Å². The van der Waals surface area contributed by atoms with E-state index in [4.69, 9.17) is 10.5 Å². The fourth-order valence-corrected chi connectivity index (χ4v) is 4.23. The molecule has 1 aliphatic heterocycles. The van der Waals surface area contributed by atoms with Crippen LogP contribution in [0.5, 0.6) is 5.75 Å². The number of fused-ring (bicyclic) bond motifs is 1. The van der Waals surface area contributed by atoms with Gasteiger partial charge in [-0.3, -0.25) is 4.79 Å². The van der Waals surface area contributed by atoms with Crippen LogP contribution in [0.4, 0.5) is 26.3 Å². The standard InChI is InChI=1S/C24H22F6N4O2/c1-36-16-4-2-3-13(8-16)22-20-12-33(5-6-34(20)23(32-22)24(28,29)30)21(35)10-15(31)7-14-9-18(26)19(27)11-17(14)25/h2-4,8-9,11,15H,5-7,10,12,31H2,1H3. The number of nitrogens with two attached hydrogens (primary N) is 1. The highest BCUT2D eigenvalue weighted by Crippen LogP contribution is 2.36. The van der Waals surface area contributed by atoms with Crippen molar-refractivity contribution in [2.24, 2.45) is 5.73 Å². The SMILES string of the molecule is COc1cccc(-c2nc(C(F)(F)F)n3c2CN(C(=O)CC(N)Cc2cc(F)c(F)cc2F)CC3)c1. The number of alkyl halides is 3. The van der Waals surface area contributed by atoms with E-state index in [1.54, 1.807) is 24.3 Å². The number of imidazole rings is 1. The number of benzene rings is 2. The number of hydrogen-bond acceptors (Lipinski definition) is 4. The molecular weight excluding hydrogens is 490 g/mol. The molecule has 0 fully saturated rings. The third-order valence-corrected chi connectivity index (χ3v) is 5.96. The smallest absolute Gasteiger partial charge is 0.449 e. The van der Waals surface area contributed by atoms with Crippen molar-refractivity contribution in [3.8, 4) is 17.0 Å². The molecule has 2 heterocycles. The molecule has 3 aromatic rings. The number of carbonyl (C=O) groups is 1. The molecule has 2 N–H and O–H groups in total. The van der Waals surface area contributed by atoms with Crippen molar-refractivity contribution in [2.45, 2.75) is 38.1 Å². The maximum absolute atomic E-state index is 13.9. The number of ether oxygens (including phenoxy) is 1. The number of rotatable bonds is 6. The van der Waals surface area contributed by atoms with Crippen LogP contribution in [-0.4, -0.2) is 40.1 Å². The van der Waals surface area contributed by atoms with E-state index in [2.05, 4.69) is 4.98 Å². The molecule has 1 aromatic heterocycles. The van der Waals surface area contributed by atoms with Crippen LogP contribution in [0.3, 0.4) is 0 Å². The Bertz CT molecular complexity index is 1290. The first-order valence-corrected chi connectivity index (χ1v) is 11.0. The molecule has 0 radical (unpaired) electrons. The van der Waals surface area contributed by atoms with Crippen molar-refractivity contribution in [1.82, 2.24) is 14.5 Å². The van der Waals surface area contributed by atoms with Crippen molar-refractivity contribution >= 4 is 5.91 Å². The zero-order valence-corrected chi connectivity index (χ0v) is 19.1. The molecule has 2 aromatic carbocycles. The second-order valence-corrected chi connectivity index (χ2v) is 8.45. The second kappa shape index (κ2) is 9.84. The lowest BCUT2D eigenvalue weighted by Gasteiger charge is -2.30. The Kier molecular flexibility index (Phi) is 6.98. The molecule has 0 bridgehead atoms. The van der Waals surface area contributed by atoms with Gasteiger partial charge in [0.2, 0.25) is 11.7 Å². The van der Waals surface area contributed by atoms with Crippen molar-refractivity contribution in [3.63, 3.8) is 0 Å². The van der Waals surface area contributed by atoms with Crippen molar-refractivity contribution < 1.29 is 35.9 Å². The number of hydrogen-bond donors (Lipinski definition) is 1. The molecule has 0 saturated carbocycles. The number of aromatic nitrogens is 2. The van der Waals surface area contributed by atoms with Gasteiger partial charge in [0.25, 0.3) is 0 Å². The number of halogens is 6. The summed E-state index contributed by atoms with van der Waals surface area (Å²) < 4.78 is 87.8. The minimum absolute atomic E-state index is 0.0188. The molecule has 0 saturated heterocycles. The predicted octanol–water partition coefficient (Wildman–Crippen LogP) is 4.30. The van der Waals surface area contributed by atoms with E-state index < -0.39 is 41.4 Å². The summed E-state index contributed by atoms with van der Waals surface area (Å²) in [5.74, 6) is -4.66. The van der Waals surface area contributed by atoms with Crippen LogP contribution in [0, 0.1) is 17.5 Å². The third kappa shape index (κ3) is 5.18. The second-order valence-electron chi connectivity index (χ2n) is 8.45. The maximum Gasteiger partial charge on any atom is 0.449 e. The monoisotopic (exact) mass is 512 g/mol. The van der Waals surface area contributed by atoms with Gasteiger partial charge in [-0.25, -0.2) is 18.2 Å². The maximum atomic E-state index is 13.9. The summed E-state index contributed by atoms with van der Waals surface area (Å²) >= 11 is 0. The van der Waals surface area contributed by atoms with E-state index in [0.717, 1.165) is 4.57 Å². The Morgan fingerprint density at radius 1 is 1.11 bits per heavy atom. The Hall–Kier alpha value is -3.54. The van der Waals surface area contributed by atoms with Gasteiger partial charge in [-0.1, -0.05) is 12.1 Å². The van der Waals surface area contributed by atoms with Crippen LogP contribution in [-0.2, 0) is 30.5 Å². The van der Waals surface area contributed by atoms with E-state index in [1.807, 2.05) is 0 Å². The lowest BCUT2D eigenvalue weighted by molar-refractivity contribution is -0.148. The topological polar surface area (TPSA) is 73.4 Å². The largest absolute Gasteiger partial charge is 0.497 e. The van der Waals surface area contributed by atoms with E-state index in [0.29, 0.717) is 23.4 Å². The predicted molar refractivity (Wildman–Crippen MR) is 117 cm³/mol. The molecule has 192 valence electrons. The summed E-state index contributed by atoms with van der Waals surface area (Å²) in [4.78, 5) is 18.1. The fraction of sp³-hybridized carbons (Fsp3) is 0.333. The summed E-state index contributed by atoms with van der Waals surface area (Å²) in [6.45, 7) is -0.310. The van der Waals surface area contributed by atoms with E-state index in [9.17, 15) is 31.1 Å². The van der Waals surface area contributed by atoms with Gasteiger partial charge in [0.15, 0.2) is 11.6 Å². The Balaban J connectivity index is 1.56. The van der Waals surface area contributed by atoms with E-state index in [-0.39, 0.29) is 49.4 Å². The van der Waals surface area contributed by atoms with Crippen molar-refractivity contribution in [2.75, 3.05) is 13.7 Å². The third-order valence-electron chi connectivity index (χ3n) is 5.96. The lowest BCUT2D eigenvalue weighted by atomic mass is 10.0. The quantitative estimate of drug-likeness (QED) is 0.395. The van der Waals surface area contributed by atoms with Crippen LogP contribution in [0.25, 0.3) is 11.3 Å². The van der Waals surface area contributed by atoms with Gasteiger partial charge in [0.05, 0.1) is 25.0 Å². The van der Waals surface area contributed by atoms with E-state index in [1.165, 1.54) is 12.0 Å². The van der Waals surface area contributed by atoms with Gasteiger partial charge < -0.3 is 19.9 Å². The van der Waals surface area contributed by atoms with E-state index >= 15 is 0 Å². The van der Waals surface area contributed by atoms with Gasteiger partial charge in [0.1, 0.15) is 11.6 Å². The molecule has 1 unspecified atom stereocenters. The highest BCUT2D eigenvalue weighted by atomic mass is 19.4. The first-order chi connectivity index (χ1) is 17.0. The molecule has 4 rings (SSSR count). The average molecular weight is 512 g/mol. The Labute approximate surface area is 202 Å². The zero-order valence-electron chi connectivity index (χ0n) is 19.1. The molecule has 1 amide bonds. The van der Waals surface area contributed by atoms with Gasteiger partial charge in [-0.05, 0) is 30.2 Å². The summed E-state index contributed by atoms with van der Waals surface area (Å²) in [5.41, 5.74) is 6.47. The van der Waals surface area contributed by atoms with Crippen molar-refractivity contribution in [1.29, 1.82) is 0 Å². The summed E-state index contributed by atoms with van der Waals surface area (Å²) in [7, 11) is 1.43. The molecule has 36 heavy (non-hydrogen) atoms. The summed E-state index contributed by atoms with van der Waals surface area (Å²) in [6, 6.07) is 6.58. The number of nitrogens with zero attached hydrogens (tertiary/aromatic N) is 3. The fourth-order valence-electron chi connectivity index (χ4n) is 4.23. The van der Waals surface area contributed by atoms with Crippen LogP contribution in [0.15, 0.2) is 36.4 Å². The zero-order chi connectivity index (χ0) is 26.2. The minimum Gasteiger partial charge on any atom is -0.497 e. The number of carbonyl (C=O) groups excluding carboxylic acids is 1. The minimum atomic E-state index is -4.70. The van der Waals surface area contributed by atoms with Crippen LogP contribution in [0.2, 0.25) is 0 Å². The van der Waals surface area contributed by atoms with Gasteiger partial charge >= 0.3 is 6.18 Å². The average Bonchev–Trinajstić information content (AvgIpc) is 3.22. The first-order valence-electron chi connectivity index (χ1n) is 11.0. The van der Waals surface area contributed by atoms with Crippen LogP contribution >= 0.6 is 0 Å². The summed E-state index contributed by atoms with van der Waals surface area (Å²) in [5, 5.41) is 0. The molecule has 1 aliphatic rings. The van der Waals surface area contributed by atoms with Gasteiger partial charge in [-0.15, -0.1) is 0 Å². The molecule has 0 aliphatic carbocycles. The molecule has 6 nitrogen and oxygen atoms in total. The highest BCUT2D eigenvalue weighted by Gasteiger charge is 2.41. The van der Waals surface area contributed by atoms with Crippen LogP contribution in [0.1, 0.15) is 23.5 Å². The number of methoxy groups -OCH3 is 1. The Morgan fingerprint density at radius 2 is 1.83 bits per heavy atom. The number of amides is 1. The molecular formula is C24H22F6N4O2. The lowest BCUT2D eigenvalue weighted by Crippen LogP contribution is -2.42. The molecule has 1 atom stereocenters. The molecule has 0 spiro atoms. The van der Waals surface area contributed by atoms with Crippen LogP contribution < -0.4 is 10.5 Å². The molecule has 12 heteroatoms. The van der Waals surface area contributed by atoms with Gasteiger partial charge in [-0.2, -0.15) is 13.2 Å². The summed E-state index contributed by atoms with van der Waals surface area (Å²) in [6.07, 6.45) is -5.20. The normalized spacial score (nSPS) is 14.5. The Morgan fingerprint density at radius 3 is 2.53 bits per heavy atom.